The first-order valence-corrected chi connectivity index (χ1v) is 9.84. The first-order chi connectivity index (χ1) is 6.97. The maximum absolute atomic E-state index is 5.77. The van der Waals surface area contributed by atoms with Crippen molar-refractivity contribution in [2.45, 2.75) is 45.5 Å². The minimum absolute atomic E-state index is 0.360. The highest BCUT2D eigenvalue weighted by atomic mass is 28.3. The smallest absolute Gasteiger partial charge is 0.0566 e. The fourth-order valence-corrected chi connectivity index (χ4v) is 2.98. The fourth-order valence-electron chi connectivity index (χ4n) is 1.77. The summed E-state index contributed by atoms with van der Waals surface area (Å²) in [6, 6.07) is 1.38. The molecule has 1 saturated heterocycles. The van der Waals surface area contributed by atoms with Gasteiger partial charge in [-0.2, -0.15) is 0 Å². The third-order valence-electron chi connectivity index (χ3n) is 3.19. The summed E-state index contributed by atoms with van der Waals surface area (Å²) in [7, 11) is -0.860. The monoisotopic (exact) mass is 230 g/mol. The standard InChI is InChI=1S/C12H26O2Si/c1-5-12(10-14-11-12)9-13-7-6-8-15(2,3)4/h5-11H2,1-4H3. The maximum Gasteiger partial charge on any atom is 0.0566 e. The second-order valence-electron chi connectivity index (χ2n) is 6.06. The number of hydrogen-bond acceptors (Lipinski definition) is 2. The SMILES string of the molecule is CCC1(COCCC[Si](C)(C)C)COC1. The van der Waals surface area contributed by atoms with E-state index >= 15 is 0 Å². The molecule has 0 aromatic rings. The van der Waals surface area contributed by atoms with E-state index in [0.29, 0.717) is 5.41 Å². The van der Waals surface area contributed by atoms with Crippen LogP contribution in [0.5, 0.6) is 0 Å². The van der Waals surface area contributed by atoms with Crippen LogP contribution in [0.15, 0.2) is 0 Å². The van der Waals surface area contributed by atoms with Crippen LogP contribution in [0.25, 0.3) is 0 Å². The molecule has 3 heteroatoms. The number of hydrogen-bond donors (Lipinski definition) is 0. The molecule has 1 fully saturated rings. The van der Waals surface area contributed by atoms with Gasteiger partial charge in [-0.3, -0.25) is 0 Å². The van der Waals surface area contributed by atoms with Crippen molar-refractivity contribution in [2.24, 2.45) is 5.41 Å². The van der Waals surface area contributed by atoms with Gasteiger partial charge >= 0.3 is 0 Å². The minimum atomic E-state index is -0.860. The van der Waals surface area contributed by atoms with Crippen molar-refractivity contribution in [2.75, 3.05) is 26.4 Å². The Morgan fingerprint density at radius 1 is 1.27 bits per heavy atom. The molecule has 1 aliphatic rings. The van der Waals surface area contributed by atoms with Crippen LogP contribution in [-0.4, -0.2) is 34.5 Å². The van der Waals surface area contributed by atoms with Crippen LogP contribution in [0.4, 0.5) is 0 Å². The Hall–Kier alpha value is 0.137. The molecule has 0 aliphatic carbocycles. The first kappa shape index (κ1) is 13.2. The van der Waals surface area contributed by atoms with E-state index in [4.69, 9.17) is 9.47 Å². The summed E-state index contributed by atoms with van der Waals surface area (Å²) in [6.45, 7) is 13.1. The molecule has 0 aromatic heterocycles. The predicted molar refractivity (Wildman–Crippen MR) is 67.1 cm³/mol. The molecule has 15 heavy (non-hydrogen) atoms. The highest BCUT2D eigenvalue weighted by molar-refractivity contribution is 6.76. The third kappa shape index (κ3) is 4.66. The molecule has 1 heterocycles. The Labute approximate surface area is 95.4 Å². The van der Waals surface area contributed by atoms with Gasteiger partial charge in [0.15, 0.2) is 0 Å². The van der Waals surface area contributed by atoms with E-state index in [1.165, 1.54) is 18.9 Å². The van der Waals surface area contributed by atoms with Gasteiger partial charge in [-0.1, -0.05) is 32.6 Å². The number of ether oxygens (including phenoxy) is 2. The molecule has 1 aliphatic heterocycles. The Bertz CT molecular complexity index is 177. The van der Waals surface area contributed by atoms with Gasteiger partial charge in [0.2, 0.25) is 0 Å². The lowest BCUT2D eigenvalue weighted by atomic mass is 9.84. The average Bonchev–Trinajstić information content (AvgIpc) is 2.06. The fraction of sp³-hybridized carbons (Fsp3) is 1.00. The van der Waals surface area contributed by atoms with E-state index in [1.54, 1.807) is 0 Å². The van der Waals surface area contributed by atoms with E-state index in [2.05, 4.69) is 26.6 Å². The molecular formula is C12H26O2Si. The van der Waals surface area contributed by atoms with Crippen LogP contribution in [0, 0.1) is 5.41 Å². The van der Waals surface area contributed by atoms with Crippen molar-refractivity contribution in [1.29, 1.82) is 0 Å². The van der Waals surface area contributed by atoms with Gasteiger partial charge < -0.3 is 9.47 Å². The van der Waals surface area contributed by atoms with Crippen molar-refractivity contribution in [1.82, 2.24) is 0 Å². The third-order valence-corrected chi connectivity index (χ3v) is 5.04. The van der Waals surface area contributed by atoms with Gasteiger partial charge in [0.25, 0.3) is 0 Å². The predicted octanol–water partition coefficient (Wildman–Crippen LogP) is 3.16. The van der Waals surface area contributed by atoms with Crippen LogP contribution < -0.4 is 0 Å². The Balaban J connectivity index is 2.02. The van der Waals surface area contributed by atoms with Gasteiger partial charge in [0.1, 0.15) is 0 Å². The quantitative estimate of drug-likeness (QED) is 0.494. The van der Waals surface area contributed by atoms with E-state index in [-0.39, 0.29) is 0 Å². The molecule has 0 aromatic carbocycles. The zero-order chi connectivity index (χ0) is 11.4. The second-order valence-corrected chi connectivity index (χ2v) is 11.7. The molecule has 0 spiro atoms. The topological polar surface area (TPSA) is 18.5 Å². The van der Waals surface area contributed by atoms with Gasteiger partial charge in [-0.05, 0) is 12.8 Å². The molecule has 0 radical (unpaired) electrons. The normalized spacial score (nSPS) is 20.0. The van der Waals surface area contributed by atoms with E-state index in [9.17, 15) is 0 Å². The van der Waals surface area contributed by atoms with Gasteiger partial charge in [-0.15, -0.1) is 0 Å². The minimum Gasteiger partial charge on any atom is -0.381 e. The molecule has 0 bridgehead atoms. The zero-order valence-corrected chi connectivity index (χ0v) is 11.8. The lowest BCUT2D eigenvalue weighted by Gasteiger charge is -2.40. The lowest BCUT2D eigenvalue weighted by Crippen LogP contribution is -2.45. The lowest BCUT2D eigenvalue weighted by molar-refractivity contribution is -0.150. The van der Waals surface area contributed by atoms with Crippen molar-refractivity contribution >= 4 is 8.07 Å². The van der Waals surface area contributed by atoms with Gasteiger partial charge in [-0.25, -0.2) is 0 Å². The van der Waals surface area contributed by atoms with Crippen LogP contribution in [0.2, 0.25) is 25.7 Å². The second kappa shape index (κ2) is 5.46. The van der Waals surface area contributed by atoms with Crippen molar-refractivity contribution < 1.29 is 9.47 Å². The summed E-state index contributed by atoms with van der Waals surface area (Å²) in [5, 5.41) is 0. The van der Waals surface area contributed by atoms with Gasteiger partial charge in [0.05, 0.1) is 19.8 Å². The summed E-state index contributed by atoms with van der Waals surface area (Å²) >= 11 is 0. The molecular weight excluding hydrogens is 204 g/mol. The van der Waals surface area contributed by atoms with E-state index in [0.717, 1.165) is 26.4 Å². The Kier molecular flexibility index (Phi) is 4.81. The van der Waals surface area contributed by atoms with Crippen LogP contribution in [0.1, 0.15) is 19.8 Å². The van der Waals surface area contributed by atoms with Crippen LogP contribution in [0.3, 0.4) is 0 Å². The highest BCUT2D eigenvalue weighted by Crippen LogP contribution is 2.31. The zero-order valence-electron chi connectivity index (χ0n) is 10.8. The van der Waals surface area contributed by atoms with Crippen LogP contribution >= 0.6 is 0 Å². The molecule has 0 unspecified atom stereocenters. The molecule has 1 rings (SSSR count). The molecule has 2 nitrogen and oxygen atoms in total. The van der Waals surface area contributed by atoms with E-state index in [1.807, 2.05) is 0 Å². The number of rotatable bonds is 7. The highest BCUT2D eigenvalue weighted by Gasteiger charge is 2.36. The van der Waals surface area contributed by atoms with Crippen molar-refractivity contribution in [3.8, 4) is 0 Å². The summed E-state index contributed by atoms with van der Waals surface area (Å²) < 4.78 is 11.0. The van der Waals surface area contributed by atoms with E-state index < -0.39 is 8.07 Å². The molecule has 0 amide bonds. The maximum atomic E-state index is 5.77. The molecule has 90 valence electrons. The van der Waals surface area contributed by atoms with Gasteiger partial charge in [0, 0.05) is 20.1 Å². The summed E-state index contributed by atoms with van der Waals surface area (Å²) in [6.07, 6.45) is 2.41. The summed E-state index contributed by atoms with van der Waals surface area (Å²) in [5.74, 6) is 0. The largest absolute Gasteiger partial charge is 0.381 e. The average molecular weight is 230 g/mol. The molecule has 0 atom stereocenters. The Morgan fingerprint density at radius 3 is 2.33 bits per heavy atom. The molecule has 0 N–H and O–H groups in total. The molecule has 0 saturated carbocycles. The van der Waals surface area contributed by atoms with Crippen molar-refractivity contribution in [3.05, 3.63) is 0 Å². The summed E-state index contributed by atoms with van der Waals surface area (Å²) in [5.41, 5.74) is 0.360. The van der Waals surface area contributed by atoms with Crippen molar-refractivity contribution in [3.63, 3.8) is 0 Å². The Morgan fingerprint density at radius 2 is 1.93 bits per heavy atom. The summed E-state index contributed by atoms with van der Waals surface area (Å²) in [4.78, 5) is 0. The van der Waals surface area contributed by atoms with Crippen LogP contribution in [-0.2, 0) is 9.47 Å². The first-order valence-electron chi connectivity index (χ1n) is 6.13.